The van der Waals surface area contributed by atoms with E-state index in [-0.39, 0.29) is 0 Å². The molecule has 106 valence electrons. The Morgan fingerprint density at radius 3 is 2.68 bits per heavy atom. The molecule has 1 saturated carbocycles. The van der Waals surface area contributed by atoms with Crippen molar-refractivity contribution in [1.29, 1.82) is 0 Å². The molecule has 2 fully saturated rings. The molecule has 1 aromatic rings. The molecular weight excluding hydrogens is 240 g/mol. The Labute approximate surface area is 114 Å². The van der Waals surface area contributed by atoms with Gasteiger partial charge in [0.05, 0.1) is 17.4 Å². The van der Waals surface area contributed by atoms with Gasteiger partial charge in [0, 0.05) is 25.6 Å². The van der Waals surface area contributed by atoms with Crippen LogP contribution in [0.15, 0.2) is 0 Å². The van der Waals surface area contributed by atoms with Gasteiger partial charge in [0.15, 0.2) is 0 Å². The van der Waals surface area contributed by atoms with Crippen molar-refractivity contribution in [3.8, 4) is 0 Å². The highest BCUT2D eigenvalue weighted by molar-refractivity contribution is 5.18. The molecule has 5 nitrogen and oxygen atoms in total. The van der Waals surface area contributed by atoms with E-state index in [4.69, 9.17) is 10.5 Å². The van der Waals surface area contributed by atoms with Crippen molar-refractivity contribution >= 4 is 0 Å². The maximum Gasteiger partial charge on any atom is 0.0874 e. The van der Waals surface area contributed by atoms with Crippen LogP contribution in [0.3, 0.4) is 0 Å². The minimum atomic E-state index is 0.483. The molecule has 2 N–H and O–H groups in total. The highest BCUT2D eigenvalue weighted by Gasteiger charge is 2.34. The number of nitrogens with zero attached hydrogens (tertiary/aromatic N) is 3. The first-order valence-electron chi connectivity index (χ1n) is 7.53. The summed E-state index contributed by atoms with van der Waals surface area (Å²) in [4.78, 5) is 0. The van der Waals surface area contributed by atoms with E-state index in [0.29, 0.717) is 18.5 Å². The quantitative estimate of drug-likeness (QED) is 0.878. The van der Waals surface area contributed by atoms with Crippen LogP contribution < -0.4 is 5.73 Å². The maximum atomic E-state index is 5.71. The fourth-order valence-corrected chi connectivity index (χ4v) is 3.12. The number of aromatic nitrogens is 3. The molecule has 3 rings (SSSR count). The standard InChI is InChI=1S/C14H24N4O/c1-10(11-2-3-11)18-14(12-5-8-19-9-6-12)13(4-7-15)16-17-18/h10-12H,2-9,15H2,1H3. The molecule has 0 spiro atoms. The lowest BCUT2D eigenvalue weighted by atomic mass is 9.93. The fraction of sp³-hybridized carbons (Fsp3) is 0.857. The second-order valence-electron chi connectivity index (χ2n) is 5.87. The molecule has 0 radical (unpaired) electrons. The predicted molar refractivity (Wildman–Crippen MR) is 73.0 cm³/mol. The Morgan fingerprint density at radius 1 is 1.32 bits per heavy atom. The average Bonchev–Trinajstić information content (AvgIpc) is 3.21. The summed E-state index contributed by atoms with van der Waals surface area (Å²) in [6.45, 7) is 4.64. The maximum absolute atomic E-state index is 5.71. The topological polar surface area (TPSA) is 66.0 Å². The van der Waals surface area contributed by atoms with Gasteiger partial charge in [-0.25, -0.2) is 4.68 Å². The van der Waals surface area contributed by atoms with Gasteiger partial charge in [0.1, 0.15) is 0 Å². The summed E-state index contributed by atoms with van der Waals surface area (Å²) in [5.74, 6) is 1.34. The summed E-state index contributed by atoms with van der Waals surface area (Å²) in [5, 5.41) is 8.85. The van der Waals surface area contributed by atoms with Crippen molar-refractivity contribution in [3.05, 3.63) is 11.4 Å². The third-order valence-electron chi connectivity index (χ3n) is 4.48. The SMILES string of the molecule is CC(C1CC1)n1nnc(CCN)c1C1CCOCC1. The third kappa shape index (κ3) is 2.67. The van der Waals surface area contributed by atoms with Gasteiger partial charge in [-0.1, -0.05) is 5.21 Å². The van der Waals surface area contributed by atoms with E-state index in [2.05, 4.69) is 21.9 Å². The summed E-state index contributed by atoms with van der Waals surface area (Å²) in [6.07, 6.45) is 5.68. The van der Waals surface area contributed by atoms with E-state index in [9.17, 15) is 0 Å². The molecule has 1 unspecified atom stereocenters. The second kappa shape index (κ2) is 5.59. The van der Waals surface area contributed by atoms with E-state index in [1.54, 1.807) is 0 Å². The first-order chi connectivity index (χ1) is 9.31. The predicted octanol–water partition coefficient (Wildman–Crippen LogP) is 1.64. The van der Waals surface area contributed by atoms with E-state index >= 15 is 0 Å². The zero-order valence-electron chi connectivity index (χ0n) is 11.7. The average molecular weight is 264 g/mol. The molecule has 1 aliphatic heterocycles. The number of hydrogen-bond acceptors (Lipinski definition) is 4. The number of hydrogen-bond donors (Lipinski definition) is 1. The minimum absolute atomic E-state index is 0.483. The van der Waals surface area contributed by atoms with Crippen molar-refractivity contribution in [2.75, 3.05) is 19.8 Å². The molecule has 1 saturated heterocycles. The van der Waals surface area contributed by atoms with Crippen LogP contribution in [0.5, 0.6) is 0 Å². The van der Waals surface area contributed by atoms with Gasteiger partial charge in [-0.2, -0.15) is 0 Å². The number of nitrogens with two attached hydrogens (primary N) is 1. The molecule has 19 heavy (non-hydrogen) atoms. The summed E-state index contributed by atoms with van der Waals surface area (Å²) in [7, 11) is 0. The minimum Gasteiger partial charge on any atom is -0.381 e. The van der Waals surface area contributed by atoms with Crippen molar-refractivity contribution in [2.45, 2.75) is 51.0 Å². The van der Waals surface area contributed by atoms with E-state index in [1.807, 2.05) is 0 Å². The van der Waals surface area contributed by atoms with Crippen LogP contribution in [0.2, 0.25) is 0 Å². The molecule has 0 amide bonds. The highest BCUT2D eigenvalue weighted by atomic mass is 16.5. The third-order valence-corrected chi connectivity index (χ3v) is 4.48. The molecule has 2 heterocycles. The van der Waals surface area contributed by atoms with Crippen molar-refractivity contribution in [1.82, 2.24) is 15.0 Å². The van der Waals surface area contributed by atoms with Crippen molar-refractivity contribution in [2.24, 2.45) is 11.7 Å². The smallest absolute Gasteiger partial charge is 0.0874 e. The Kier molecular flexibility index (Phi) is 3.84. The first kappa shape index (κ1) is 13.1. The molecular formula is C14H24N4O. The lowest BCUT2D eigenvalue weighted by Crippen LogP contribution is -2.21. The van der Waals surface area contributed by atoms with Crippen molar-refractivity contribution in [3.63, 3.8) is 0 Å². The van der Waals surface area contributed by atoms with Crippen LogP contribution in [-0.4, -0.2) is 34.8 Å². The summed E-state index contributed by atoms with van der Waals surface area (Å²) in [6, 6.07) is 0.483. The zero-order chi connectivity index (χ0) is 13.2. The summed E-state index contributed by atoms with van der Waals surface area (Å²) < 4.78 is 7.68. The normalized spacial score (nSPS) is 22.6. The summed E-state index contributed by atoms with van der Waals surface area (Å²) in [5.41, 5.74) is 8.17. The van der Waals surface area contributed by atoms with E-state index in [0.717, 1.165) is 44.1 Å². The van der Waals surface area contributed by atoms with Crippen LogP contribution in [0.25, 0.3) is 0 Å². The Hall–Kier alpha value is -0.940. The van der Waals surface area contributed by atoms with Crippen molar-refractivity contribution < 1.29 is 4.74 Å². The molecule has 5 heteroatoms. The Morgan fingerprint density at radius 2 is 2.05 bits per heavy atom. The number of ether oxygens (including phenoxy) is 1. The van der Waals surface area contributed by atoms with E-state index < -0.39 is 0 Å². The lowest BCUT2D eigenvalue weighted by Gasteiger charge is -2.25. The van der Waals surface area contributed by atoms with Crippen LogP contribution in [0, 0.1) is 5.92 Å². The highest BCUT2D eigenvalue weighted by Crippen LogP contribution is 2.41. The largest absolute Gasteiger partial charge is 0.381 e. The molecule has 1 atom stereocenters. The molecule has 0 aromatic carbocycles. The van der Waals surface area contributed by atoms with Gasteiger partial charge >= 0.3 is 0 Å². The summed E-state index contributed by atoms with van der Waals surface area (Å²) >= 11 is 0. The van der Waals surface area contributed by atoms with Crippen LogP contribution in [-0.2, 0) is 11.2 Å². The fourth-order valence-electron chi connectivity index (χ4n) is 3.12. The molecule has 1 aliphatic carbocycles. The van der Waals surface area contributed by atoms with Gasteiger partial charge in [-0.15, -0.1) is 5.10 Å². The second-order valence-corrected chi connectivity index (χ2v) is 5.87. The van der Waals surface area contributed by atoms with Crippen LogP contribution >= 0.6 is 0 Å². The van der Waals surface area contributed by atoms with Gasteiger partial charge in [0.2, 0.25) is 0 Å². The molecule has 2 aliphatic rings. The number of rotatable bonds is 5. The van der Waals surface area contributed by atoms with Crippen LogP contribution in [0.4, 0.5) is 0 Å². The molecule has 0 bridgehead atoms. The Balaban J connectivity index is 1.89. The van der Waals surface area contributed by atoms with Gasteiger partial charge in [-0.3, -0.25) is 0 Å². The monoisotopic (exact) mass is 264 g/mol. The van der Waals surface area contributed by atoms with Crippen LogP contribution in [0.1, 0.15) is 56.0 Å². The zero-order valence-corrected chi connectivity index (χ0v) is 11.7. The van der Waals surface area contributed by atoms with Gasteiger partial charge in [-0.05, 0) is 45.1 Å². The Bertz CT molecular complexity index is 421. The molecule has 1 aromatic heterocycles. The van der Waals surface area contributed by atoms with E-state index in [1.165, 1.54) is 18.5 Å². The van der Waals surface area contributed by atoms with Gasteiger partial charge in [0.25, 0.3) is 0 Å². The van der Waals surface area contributed by atoms with Gasteiger partial charge < -0.3 is 10.5 Å². The first-order valence-corrected chi connectivity index (χ1v) is 7.53. The lowest BCUT2D eigenvalue weighted by molar-refractivity contribution is 0.0828.